The van der Waals surface area contributed by atoms with Crippen LogP contribution in [0.15, 0.2) is 34.8 Å². The lowest BCUT2D eigenvalue weighted by molar-refractivity contribution is 0.102. The lowest BCUT2D eigenvalue weighted by Crippen LogP contribution is -2.13. The maximum atomic E-state index is 13.1. The van der Waals surface area contributed by atoms with Gasteiger partial charge in [-0.2, -0.15) is 0 Å². The van der Waals surface area contributed by atoms with Crippen LogP contribution in [0.2, 0.25) is 10.0 Å². The molecule has 0 unspecified atom stereocenters. The van der Waals surface area contributed by atoms with E-state index < -0.39 is 11.7 Å². The highest BCUT2D eigenvalue weighted by Crippen LogP contribution is 2.29. The first-order chi connectivity index (χ1) is 9.38. The molecule has 20 heavy (non-hydrogen) atoms. The number of hydrogen-bond acceptors (Lipinski definition) is 2. The predicted octanol–water partition coefficient (Wildman–Crippen LogP) is 4.73. The fourth-order valence-electron chi connectivity index (χ4n) is 1.55. The van der Waals surface area contributed by atoms with Gasteiger partial charge in [-0.25, -0.2) is 4.39 Å². The number of nitrogens with one attached hydrogen (secondary N) is 1. The number of carbonyl (C=O) groups excluding carboxylic acids is 1. The number of anilines is 2. The molecule has 0 heterocycles. The van der Waals surface area contributed by atoms with Crippen LogP contribution in [0.3, 0.4) is 0 Å². The molecule has 0 aliphatic carbocycles. The molecular weight excluding hydrogens is 370 g/mol. The molecule has 1 amide bonds. The van der Waals surface area contributed by atoms with Gasteiger partial charge in [-0.3, -0.25) is 4.79 Å². The van der Waals surface area contributed by atoms with Gasteiger partial charge in [-0.15, -0.1) is 0 Å². The molecule has 104 valence electrons. The zero-order valence-electron chi connectivity index (χ0n) is 9.88. The van der Waals surface area contributed by atoms with Crippen LogP contribution >= 0.6 is 39.1 Å². The minimum absolute atomic E-state index is 0.111. The first kappa shape index (κ1) is 15.1. The molecule has 0 bridgehead atoms. The summed E-state index contributed by atoms with van der Waals surface area (Å²) in [6, 6.07) is 6.97. The molecule has 0 fully saturated rings. The first-order valence-electron chi connectivity index (χ1n) is 5.39. The molecule has 7 heteroatoms. The highest BCUT2D eigenvalue weighted by atomic mass is 79.9. The SMILES string of the molecule is Nc1cc(Cl)c(Cl)c(C(=O)Nc2ccc(F)c(Br)c2)c1. The molecule has 3 nitrogen and oxygen atoms in total. The van der Waals surface area contributed by atoms with Crippen molar-refractivity contribution in [2.75, 3.05) is 11.1 Å². The summed E-state index contributed by atoms with van der Waals surface area (Å²) < 4.78 is 13.4. The zero-order valence-corrected chi connectivity index (χ0v) is 13.0. The summed E-state index contributed by atoms with van der Waals surface area (Å²) in [6.45, 7) is 0. The number of halogens is 4. The van der Waals surface area contributed by atoms with E-state index in [0.29, 0.717) is 11.4 Å². The second-order valence-corrected chi connectivity index (χ2v) is 5.59. The molecule has 0 saturated carbocycles. The Morgan fingerprint density at radius 1 is 1.25 bits per heavy atom. The van der Waals surface area contributed by atoms with Crippen molar-refractivity contribution in [3.63, 3.8) is 0 Å². The number of rotatable bonds is 2. The van der Waals surface area contributed by atoms with Crippen LogP contribution in [0.1, 0.15) is 10.4 Å². The van der Waals surface area contributed by atoms with E-state index in [4.69, 9.17) is 28.9 Å². The van der Waals surface area contributed by atoms with E-state index in [0.717, 1.165) is 0 Å². The van der Waals surface area contributed by atoms with Gasteiger partial charge in [0.05, 0.1) is 20.1 Å². The number of hydrogen-bond donors (Lipinski definition) is 2. The van der Waals surface area contributed by atoms with Crippen LogP contribution in [0.25, 0.3) is 0 Å². The molecule has 0 atom stereocenters. The quantitative estimate of drug-likeness (QED) is 0.743. The molecule has 0 saturated heterocycles. The summed E-state index contributed by atoms with van der Waals surface area (Å²) in [5, 5.41) is 2.89. The summed E-state index contributed by atoms with van der Waals surface area (Å²) >= 11 is 14.9. The number of nitrogens with two attached hydrogens (primary N) is 1. The van der Waals surface area contributed by atoms with Crippen LogP contribution < -0.4 is 11.1 Å². The lowest BCUT2D eigenvalue weighted by Gasteiger charge is -2.09. The van der Waals surface area contributed by atoms with Crippen LogP contribution in [-0.4, -0.2) is 5.91 Å². The third kappa shape index (κ3) is 3.23. The van der Waals surface area contributed by atoms with Gasteiger partial charge in [0.15, 0.2) is 0 Å². The van der Waals surface area contributed by atoms with Gasteiger partial charge < -0.3 is 11.1 Å². The van der Waals surface area contributed by atoms with E-state index in [1.165, 1.54) is 30.3 Å². The second-order valence-electron chi connectivity index (χ2n) is 3.95. The summed E-state index contributed by atoms with van der Waals surface area (Å²) in [6.07, 6.45) is 0. The van der Waals surface area contributed by atoms with Crippen molar-refractivity contribution >= 4 is 56.4 Å². The lowest BCUT2D eigenvalue weighted by atomic mass is 10.2. The Labute approximate surface area is 133 Å². The largest absolute Gasteiger partial charge is 0.399 e. The van der Waals surface area contributed by atoms with E-state index in [1.54, 1.807) is 0 Å². The van der Waals surface area contributed by atoms with Crippen molar-refractivity contribution in [3.05, 3.63) is 56.2 Å². The Bertz CT molecular complexity index is 694. The van der Waals surface area contributed by atoms with E-state index in [1.807, 2.05) is 0 Å². The van der Waals surface area contributed by atoms with E-state index >= 15 is 0 Å². The van der Waals surface area contributed by atoms with Gasteiger partial charge in [-0.05, 0) is 46.3 Å². The van der Waals surface area contributed by atoms with Gasteiger partial charge in [0.2, 0.25) is 0 Å². The van der Waals surface area contributed by atoms with E-state index in [2.05, 4.69) is 21.2 Å². The van der Waals surface area contributed by atoms with Crippen LogP contribution in [0.5, 0.6) is 0 Å². The van der Waals surface area contributed by atoms with Crippen molar-refractivity contribution in [1.29, 1.82) is 0 Å². The van der Waals surface area contributed by atoms with Gasteiger partial charge in [0, 0.05) is 11.4 Å². The third-order valence-electron chi connectivity index (χ3n) is 2.47. The number of benzene rings is 2. The molecule has 3 N–H and O–H groups in total. The summed E-state index contributed by atoms with van der Waals surface area (Å²) in [4.78, 5) is 12.1. The van der Waals surface area contributed by atoms with Crippen molar-refractivity contribution in [2.24, 2.45) is 0 Å². The van der Waals surface area contributed by atoms with Crippen molar-refractivity contribution in [1.82, 2.24) is 0 Å². The monoisotopic (exact) mass is 376 g/mol. The molecule has 2 aromatic carbocycles. The summed E-state index contributed by atoms with van der Waals surface area (Å²) in [7, 11) is 0. The standard InChI is InChI=1S/C13H8BrCl2FN2O/c14-9-5-7(1-2-11(9)17)19-13(20)8-3-6(18)4-10(15)12(8)16/h1-5H,18H2,(H,19,20). The highest BCUT2D eigenvalue weighted by Gasteiger charge is 2.15. The van der Waals surface area contributed by atoms with Crippen LogP contribution in [0.4, 0.5) is 15.8 Å². The van der Waals surface area contributed by atoms with E-state index in [9.17, 15) is 9.18 Å². The highest BCUT2D eigenvalue weighted by molar-refractivity contribution is 9.10. The fourth-order valence-corrected chi connectivity index (χ4v) is 2.35. The van der Waals surface area contributed by atoms with Crippen LogP contribution in [-0.2, 0) is 0 Å². The normalized spacial score (nSPS) is 10.4. The first-order valence-corrected chi connectivity index (χ1v) is 6.94. The van der Waals surface area contributed by atoms with Crippen molar-refractivity contribution in [3.8, 4) is 0 Å². The molecule has 2 rings (SSSR count). The molecule has 2 aromatic rings. The molecule has 0 radical (unpaired) electrons. The predicted molar refractivity (Wildman–Crippen MR) is 82.9 cm³/mol. The number of carbonyl (C=O) groups is 1. The fraction of sp³-hybridized carbons (Fsp3) is 0. The maximum Gasteiger partial charge on any atom is 0.257 e. The second kappa shape index (κ2) is 5.99. The third-order valence-corrected chi connectivity index (χ3v) is 3.88. The van der Waals surface area contributed by atoms with Crippen molar-refractivity contribution in [2.45, 2.75) is 0 Å². The number of nitrogen functional groups attached to an aromatic ring is 1. The van der Waals surface area contributed by atoms with Gasteiger partial charge in [0.1, 0.15) is 5.82 Å². The van der Waals surface area contributed by atoms with Crippen molar-refractivity contribution < 1.29 is 9.18 Å². The smallest absolute Gasteiger partial charge is 0.257 e. The average Bonchev–Trinajstić information content (AvgIpc) is 2.38. The van der Waals surface area contributed by atoms with Gasteiger partial charge in [-0.1, -0.05) is 23.2 Å². The molecule has 0 spiro atoms. The average molecular weight is 378 g/mol. The Balaban J connectivity index is 2.30. The summed E-state index contributed by atoms with van der Waals surface area (Å²) in [5.41, 5.74) is 6.51. The maximum absolute atomic E-state index is 13.1. The minimum Gasteiger partial charge on any atom is -0.399 e. The van der Waals surface area contributed by atoms with E-state index in [-0.39, 0.29) is 20.1 Å². The van der Waals surface area contributed by atoms with Gasteiger partial charge >= 0.3 is 0 Å². The van der Waals surface area contributed by atoms with Crippen LogP contribution in [0, 0.1) is 5.82 Å². The van der Waals surface area contributed by atoms with Gasteiger partial charge in [0.25, 0.3) is 5.91 Å². The molecule has 0 aliphatic rings. The topological polar surface area (TPSA) is 55.1 Å². The zero-order chi connectivity index (χ0) is 14.9. The Kier molecular flexibility index (Phi) is 4.52. The summed E-state index contributed by atoms with van der Waals surface area (Å²) in [5.74, 6) is -0.907. The Hall–Kier alpha value is -1.30. The minimum atomic E-state index is -0.484. The molecular formula is C13H8BrCl2FN2O. The Morgan fingerprint density at radius 2 is 1.95 bits per heavy atom. The Morgan fingerprint density at radius 3 is 2.60 bits per heavy atom. The number of amides is 1. The molecule has 0 aliphatic heterocycles. The molecule has 0 aromatic heterocycles.